The molecule has 1 aliphatic heterocycles. The van der Waals surface area contributed by atoms with Crippen molar-refractivity contribution in [3.8, 4) is 0 Å². The Morgan fingerprint density at radius 3 is 2.68 bits per heavy atom. The van der Waals surface area contributed by atoms with Crippen LogP contribution in [0.25, 0.3) is 0 Å². The molecule has 0 unspecified atom stereocenters. The molecule has 0 radical (unpaired) electrons. The maximum Gasteiger partial charge on any atom is 0.323 e. The first kappa shape index (κ1) is 14.3. The first-order chi connectivity index (χ1) is 9.09. The minimum Gasteiger partial charge on any atom is -0.480 e. The van der Waals surface area contributed by atoms with Crippen molar-refractivity contribution >= 4 is 11.9 Å². The van der Waals surface area contributed by atoms with E-state index in [9.17, 15) is 9.59 Å². The lowest BCUT2D eigenvalue weighted by Gasteiger charge is -2.25. The van der Waals surface area contributed by atoms with Crippen molar-refractivity contribution in [3.63, 3.8) is 0 Å². The highest BCUT2D eigenvalue weighted by Gasteiger charge is 2.58. The number of carbonyl (C=O) groups excluding carboxylic acids is 1. The molecule has 6 nitrogen and oxygen atoms in total. The molecule has 1 saturated heterocycles. The van der Waals surface area contributed by atoms with E-state index in [0.717, 1.165) is 19.3 Å². The largest absolute Gasteiger partial charge is 0.480 e. The van der Waals surface area contributed by atoms with E-state index < -0.39 is 5.97 Å². The smallest absolute Gasteiger partial charge is 0.323 e. The van der Waals surface area contributed by atoms with Crippen molar-refractivity contribution in [1.29, 1.82) is 0 Å². The molecular weight excluding hydrogens is 250 g/mol. The quantitative estimate of drug-likeness (QED) is 0.755. The number of carbonyl (C=O) groups is 2. The summed E-state index contributed by atoms with van der Waals surface area (Å²) in [5.74, 6) is -1.04. The summed E-state index contributed by atoms with van der Waals surface area (Å²) in [6.07, 6.45) is 2.70. The molecule has 19 heavy (non-hydrogen) atoms. The van der Waals surface area contributed by atoms with Crippen molar-refractivity contribution in [1.82, 2.24) is 4.90 Å². The van der Waals surface area contributed by atoms with Crippen LogP contribution in [0.2, 0.25) is 0 Å². The number of methoxy groups -OCH3 is 1. The zero-order valence-corrected chi connectivity index (χ0v) is 11.3. The maximum absolute atomic E-state index is 12.4. The third-order valence-electron chi connectivity index (χ3n) is 4.18. The number of aliphatic carboxylic acids is 1. The van der Waals surface area contributed by atoms with Gasteiger partial charge in [-0.2, -0.15) is 0 Å². The third kappa shape index (κ3) is 3.25. The molecule has 2 rings (SSSR count). The summed E-state index contributed by atoms with van der Waals surface area (Å²) in [6.45, 7) is 1.87. The van der Waals surface area contributed by atoms with Crippen LogP contribution in [0.4, 0.5) is 0 Å². The average molecular weight is 271 g/mol. The number of ether oxygens (including phenoxy) is 2. The molecule has 0 aromatic rings. The molecule has 1 heterocycles. The molecule has 1 saturated carbocycles. The van der Waals surface area contributed by atoms with Crippen LogP contribution in [0.3, 0.4) is 0 Å². The van der Waals surface area contributed by atoms with Crippen LogP contribution < -0.4 is 0 Å². The van der Waals surface area contributed by atoms with Crippen LogP contribution in [-0.4, -0.2) is 61.9 Å². The fourth-order valence-corrected chi connectivity index (χ4v) is 2.88. The van der Waals surface area contributed by atoms with Crippen LogP contribution in [0.5, 0.6) is 0 Å². The van der Waals surface area contributed by atoms with Gasteiger partial charge in [0.2, 0.25) is 5.91 Å². The number of amides is 1. The molecule has 2 fully saturated rings. The Labute approximate surface area is 112 Å². The monoisotopic (exact) mass is 271 g/mol. The van der Waals surface area contributed by atoms with Gasteiger partial charge >= 0.3 is 5.97 Å². The zero-order chi connectivity index (χ0) is 13.9. The fourth-order valence-electron chi connectivity index (χ4n) is 2.88. The molecule has 1 amide bonds. The summed E-state index contributed by atoms with van der Waals surface area (Å²) >= 11 is 0. The molecule has 1 N–H and O–H groups in total. The second-order valence-electron chi connectivity index (χ2n) is 5.38. The van der Waals surface area contributed by atoms with Gasteiger partial charge in [0.1, 0.15) is 6.54 Å². The summed E-state index contributed by atoms with van der Waals surface area (Å²) in [6, 6.07) is 0. The molecule has 1 aliphatic carbocycles. The van der Waals surface area contributed by atoms with Crippen LogP contribution in [0, 0.1) is 11.3 Å². The van der Waals surface area contributed by atoms with Crippen molar-refractivity contribution in [2.24, 2.45) is 11.3 Å². The standard InChI is InChI=1S/C13H21NO5/c1-18-7-4-14(9-11(15)16)12(17)10-8-13(10)2-5-19-6-3-13/h10H,2-9H2,1H3,(H,15,16)/t10-/m1/s1. The van der Waals surface area contributed by atoms with Crippen molar-refractivity contribution in [2.45, 2.75) is 19.3 Å². The molecule has 6 heteroatoms. The van der Waals surface area contributed by atoms with Crippen molar-refractivity contribution in [2.75, 3.05) is 40.0 Å². The van der Waals surface area contributed by atoms with E-state index in [1.807, 2.05) is 0 Å². The van der Waals surface area contributed by atoms with Gasteiger partial charge in [0.25, 0.3) is 0 Å². The van der Waals surface area contributed by atoms with E-state index in [4.69, 9.17) is 14.6 Å². The van der Waals surface area contributed by atoms with Gasteiger partial charge in [-0.1, -0.05) is 0 Å². The summed E-state index contributed by atoms with van der Waals surface area (Å²) in [5.41, 5.74) is 0.0825. The Bertz CT molecular complexity index is 351. The topological polar surface area (TPSA) is 76.1 Å². The number of carboxylic acids is 1. The molecule has 0 aromatic carbocycles. The fraction of sp³-hybridized carbons (Fsp3) is 0.846. The number of nitrogens with zero attached hydrogens (tertiary/aromatic N) is 1. The second kappa shape index (κ2) is 5.88. The van der Waals surface area contributed by atoms with Gasteiger partial charge in [-0.25, -0.2) is 0 Å². The molecule has 1 spiro atoms. The van der Waals surface area contributed by atoms with E-state index in [0.29, 0.717) is 26.4 Å². The van der Waals surface area contributed by atoms with E-state index in [1.54, 1.807) is 7.11 Å². The van der Waals surface area contributed by atoms with Crippen LogP contribution in [-0.2, 0) is 19.1 Å². The maximum atomic E-state index is 12.4. The predicted octanol–water partition coefficient (Wildman–Crippen LogP) is 0.363. The van der Waals surface area contributed by atoms with Gasteiger partial charge in [-0.05, 0) is 24.7 Å². The molecule has 0 bridgehead atoms. The molecule has 2 aliphatic rings. The Balaban J connectivity index is 1.93. The van der Waals surface area contributed by atoms with Crippen molar-refractivity contribution in [3.05, 3.63) is 0 Å². The van der Waals surface area contributed by atoms with E-state index in [1.165, 1.54) is 4.90 Å². The van der Waals surface area contributed by atoms with Crippen LogP contribution in [0.1, 0.15) is 19.3 Å². The summed E-state index contributed by atoms with van der Waals surface area (Å²) in [7, 11) is 1.54. The molecule has 108 valence electrons. The molecule has 0 aromatic heterocycles. The minimum absolute atomic E-state index is 0.0207. The number of hydrogen-bond donors (Lipinski definition) is 1. The van der Waals surface area contributed by atoms with E-state index >= 15 is 0 Å². The van der Waals surface area contributed by atoms with Crippen LogP contribution >= 0.6 is 0 Å². The SMILES string of the molecule is COCCN(CC(=O)O)C(=O)[C@H]1CC12CCOCC2. The number of rotatable bonds is 6. The van der Waals surface area contributed by atoms with Crippen molar-refractivity contribution < 1.29 is 24.2 Å². The highest BCUT2D eigenvalue weighted by molar-refractivity contribution is 5.86. The van der Waals surface area contributed by atoms with Gasteiger partial charge < -0.3 is 19.5 Å². The third-order valence-corrected chi connectivity index (χ3v) is 4.18. The zero-order valence-electron chi connectivity index (χ0n) is 11.3. The predicted molar refractivity (Wildman–Crippen MR) is 66.7 cm³/mol. The normalized spacial score (nSPS) is 24.2. The Morgan fingerprint density at radius 1 is 1.42 bits per heavy atom. The lowest BCUT2D eigenvalue weighted by molar-refractivity contribution is -0.146. The van der Waals surface area contributed by atoms with E-state index in [2.05, 4.69) is 0 Å². The summed E-state index contributed by atoms with van der Waals surface area (Å²) in [5, 5.41) is 8.88. The summed E-state index contributed by atoms with van der Waals surface area (Å²) < 4.78 is 10.3. The molecular formula is C13H21NO5. The van der Waals surface area contributed by atoms with Gasteiger partial charge in [-0.15, -0.1) is 0 Å². The Hall–Kier alpha value is -1.14. The Morgan fingerprint density at radius 2 is 2.11 bits per heavy atom. The average Bonchev–Trinajstić information content (AvgIpc) is 3.07. The number of hydrogen-bond acceptors (Lipinski definition) is 4. The molecule has 1 atom stereocenters. The highest BCUT2D eigenvalue weighted by atomic mass is 16.5. The van der Waals surface area contributed by atoms with Gasteiger partial charge in [0, 0.05) is 32.8 Å². The Kier molecular flexibility index (Phi) is 4.42. The minimum atomic E-state index is -0.980. The lowest BCUT2D eigenvalue weighted by atomic mass is 9.93. The van der Waals surface area contributed by atoms with Crippen LogP contribution in [0.15, 0.2) is 0 Å². The van der Waals surface area contributed by atoms with Gasteiger partial charge in [0.15, 0.2) is 0 Å². The number of carboxylic acid groups (broad SMARTS) is 1. The highest BCUT2D eigenvalue weighted by Crippen LogP contribution is 2.59. The first-order valence-corrected chi connectivity index (χ1v) is 6.66. The van der Waals surface area contributed by atoms with E-state index in [-0.39, 0.29) is 23.8 Å². The second-order valence-corrected chi connectivity index (χ2v) is 5.38. The van der Waals surface area contributed by atoms with Gasteiger partial charge in [0.05, 0.1) is 6.61 Å². The van der Waals surface area contributed by atoms with Gasteiger partial charge in [-0.3, -0.25) is 9.59 Å². The summed E-state index contributed by atoms with van der Waals surface area (Å²) in [4.78, 5) is 24.6. The first-order valence-electron chi connectivity index (χ1n) is 6.66. The lowest BCUT2D eigenvalue weighted by Crippen LogP contribution is -2.40.